The Balaban J connectivity index is 1.99. The van der Waals surface area contributed by atoms with E-state index >= 15 is 0 Å². The van der Waals surface area contributed by atoms with Crippen molar-refractivity contribution in [2.45, 2.75) is 24.7 Å². The summed E-state index contributed by atoms with van der Waals surface area (Å²) in [5.41, 5.74) is 1.35. The minimum Gasteiger partial charge on any atom is -0.316 e. The fraction of sp³-hybridized carbons (Fsp3) is 0.182. The van der Waals surface area contributed by atoms with Crippen molar-refractivity contribution in [3.8, 4) is 17.5 Å². The van der Waals surface area contributed by atoms with Gasteiger partial charge in [0.05, 0.1) is 5.56 Å². The lowest BCUT2D eigenvalue weighted by Crippen LogP contribution is -2.10. The molecular formula is C22H16F3N5O2S. The van der Waals surface area contributed by atoms with Gasteiger partial charge in [-0.1, -0.05) is 35.9 Å². The first-order valence-corrected chi connectivity index (χ1v) is 11.5. The number of sulfone groups is 1. The molecule has 0 bridgehead atoms. The van der Waals surface area contributed by atoms with E-state index in [9.17, 15) is 26.9 Å². The highest BCUT2D eigenvalue weighted by molar-refractivity contribution is 7.90. The molecule has 0 spiro atoms. The Hall–Kier alpha value is -3.78. The van der Waals surface area contributed by atoms with Gasteiger partial charge in [-0.15, -0.1) is 0 Å². The lowest BCUT2D eigenvalue weighted by atomic mass is 10.1. The van der Waals surface area contributed by atoms with Crippen LogP contribution >= 0.6 is 0 Å². The molecule has 0 aliphatic carbocycles. The molecular weight excluding hydrogens is 455 g/mol. The van der Waals surface area contributed by atoms with E-state index in [-0.39, 0.29) is 28.6 Å². The predicted molar refractivity (Wildman–Crippen MR) is 114 cm³/mol. The van der Waals surface area contributed by atoms with Gasteiger partial charge in [0.25, 0.3) is 0 Å². The van der Waals surface area contributed by atoms with E-state index in [2.05, 4.69) is 15.0 Å². The van der Waals surface area contributed by atoms with Crippen LogP contribution in [0.25, 0.3) is 22.6 Å². The van der Waals surface area contributed by atoms with Crippen LogP contribution < -0.4 is 0 Å². The fourth-order valence-electron chi connectivity index (χ4n) is 3.45. The van der Waals surface area contributed by atoms with Gasteiger partial charge < -0.3 is 4.57 Å². The lowest BCUT2D eigenvalue weighted by Gasteiger charge is -2.12. The number of nitrogens with zero attached hydrogens (tertiary/aromatic N) is 5. The average Bonchev–Trinajstić information content (AvgIpc) is 3.10. The first-order chi connectivity index (χ1) is 15.5. The molecule has 0 amide bonds. The quantitative estimate of drug-likeness (QED) is 0.415. The smallest absolute Gasteiger partial charge is 0.316 e. The largest absolute Gasteiger partial charge is 0.416 e. The number of imidazole rings is 1. The molecule has 0 N–H and O–H groups in total. The highest BCUT2D eigenvalue weighted by Gasteiger charge is 2.30. The summed E-state index contributed by atoms with van der Waals surface area (Å²) < 4.78 is 65.4. The highest BCUT2D eigenvalue weighted by Crippen LogP contribution is 2.31. The topological polar surface area (TPSA) is 102 Å². The van der Waals surface area contributed by atoms with Gasteiger partial charge in [-0.05, 0) is 30.7 Å². The van der Waals surface area contributed by atoms with E-state index in [1.165, 1.54) is 12.1 Å². The summed E-state index contributed by atoms with van der Waals surface area (Å²) in [7, 11) is -3.89. The van der Waals surface area contributed by atoms with E-state index in [0.717, 1.165) is 24.0 Å². The molecule has 33 heavy (non-hydrogen) atoms. The van der Waals surface area contributed by atoms with Crippen molar-refractivity contribution in [2.24, 2.45) is 0 Å². The SMILES string of the molecule is Cc1cccc(-c2nc3nc(C#N)nc(S(C)(=O)=O)c3n2Cc2ccc(C(F)(F)F)cc2)c1. The third-order valence-electron chi connectivity index (χ3n) is 4.92. The van der Waals surface area contributed by atoms with E-state index in [1.807, 2.05) is 19.1 Å². The van der Waals surface area contributed by atoms with Crippen LogP contribution in [-0.2, 0) is 22.6 Å². The Kier molecular flexibility index (Phi) is 5.41. The zero-order chi connectivity index (χ0) is 24.0. The van der Waals surface area contributed by atoms with Crippen molar-refractivity contribution in [3.63, 3.8) is 0 Å². The monoisotopic (exact) mass is 471 g/mol. The Morgan fingerprint density at radius 1 is 1.06 bits per heavy atom. The highest BCUT2D eigenvalue weighted by atomic mass is 32.2. The number of halogens is 3. The summed E-state index contributed by atoms with van der Waals surface area (Å²) in [5.74, 6) is 0.000727. The molecule has 2 aromatic carbocycles. The third kappa shape index (κ3) is 4.42. The predicted octanol–water partition coefficient (Wildman–Crippen LogP) is 4.14. The van der Waals surface area contributed by atoms with Gasteiger partial charge in [0.1, 0.15) is 17.4 Å². The maximum absolute atomic E-state index is 13.0. The Bertz CT molecular complexity index is 1520. The fourth-order valence-corrected chi connectivity index (χ4v) is 4.26. The number of alkyl halides is 3. The minimum atomic E-state index is -4.47. The van der Waals surface area contributed by atoms with Gasteiger partial charge in [0.2, 0.25) is 5.82 Å². The maximum Gasteiger partial charge on any atom is 0.416 e. The number of rotatable bonds is 4. The lowest BCUT2D eigenvalue weighted by molar-refractivity contribution is -0.137. The number of hydrogen-bond donors (Lipinski definition) is 0. The van der Waals surface area contributed by atoms with Crippen LogP contribution in [0.5, 0.6) is 0 Å². The minimum absolute atomic E-state index is 0.00499. The maximum atomic E-state index is 13.0. The molecule has 0 atom stereocenters. The van der Waals surface area contributed by atoms with Crippen molar-refractivity contribution in [2.75, 3.05) is 6.26 Å². The molecule has 0 saturated heterocycles. The number of nitriles is 1. The molecule has 11 heteroatoms. The van der Waals surface area contributed by atoms with Crippen molar-refractivity contribution in [3.05, 3.63) is 71.0 Å². The zero-order valence-electron chi connectivity index (χ0n) is 17.4. The molecule has 4 rings (SSSR count). The van der Waals surface area contributed by atoms with Crippen molar-refractivity contribution < 1.29 is 21.6 Å². The standard InChI is InChI=1S/C22H16F3N5O2S/c1-13-4-3-5-15(10-13)20-29-19-18(21(33(2,31)32)28-17(11-26)27-19)30(20)12-14-6-8-16(9-7-14)22(23,24)25/h3-10H,12H2,1-2H3. The summed E-state index contributed by atoms with van der Waals surface area (Å²) in [4.78, 5) is 12.4. The Morgan fingerprint density at radius 2 is 1.76 bits per heavy atom. The first-order valence-electron chi connectivity index (χ1n) is 9.59. The van der Waals surface area contributed by atoms with Crippen molar-refractivity contribution in [1.29, 1.82) is 5.26 Å². The van der Waals surface area contributed by atoms with Gasteiger partial charge >= 0.3 is 6.18 Å². The summed E-state index contributed by atoms with van der Waals surface area (Å²) >= 11 is 0. The molecule has 0 radical (unpaired) electrons. The van der Waals surface area contributed by atoms with E-state index in [4.69, 9.17) is 0 Å². The molecule has 0 aliphatic heterocycles. The van der Waals surface area contributed by atoms with Gasteiger partial charge in [-0.25, -0.2) is 18.4 Å². The third-order valence-corrected chi connectivity index (χ3v) is 5.91. The summed E-state index contributed by atoms with van der Waals surface area (Å²) in [6.07, 6.45) is -3.52. The number of aromatic nitrogens is 4. The number of fused-ring (bicyclic) bond motifs is 1. The van der Waals surface area contributed by atoms with Crippen LogP contribution in [0.1, 0.15) is 22.5 Å². The molecule has 0 aliphatic rings. The zero-order valence-corrected chi connectivity index (χ0v) is 18.2. The van der Waals surface area contributed by atoms with E-state index < -0.39 is 21.6 Å². The van der Waals surface area contributed by atoms with Crippen LogP contribution in [0.2, 0.25) is 0 Å². The average molecular weight is 471 g/mol. The molecule has 7 nitrogen and oxygen atoms in total. The van der Waals surface area contributed by atoms with Crippen molar-refractivity contribution in [1.82, 2.24) is 19.5 Å². The Morgan fingerprint density at radius 3 is 2.33 bits per heavy atom. The molecule has 0 saturated carbocycles. The summed E-state index contributed by atoms with van der Waals surface area (Å²) in [6.45, 7) is 1.89. The summed E-state index contributed by atoms with van der Waals surface area (Å²) in [5, 5.41) is 8.87. The normalized spacial score (nSPS) is 12.1. The van der Waals surface area contributed by atoms with Gasteiger partial charge in [0.15, 0.2) is 20.5 Å². The Labute approximate surface area is 187 Å². The molecule has 0 fully saturated rings. The number of aryl methyl sites for hydroxylation is 1. The molecule has 168 valence electrons. The van der Waals surface area contributed by atoms with Gasteiger partial charge in [-0.3, -0.25) is 0 Å². The number of benzene rings is 2. The van der Waals surface area contributed by atoms with E-state index in [0.29, 0.717) is 17.0 Å². The van der Waals surface area contributed by atoms with Crippen LogP contribution in [0.4, 0.5) is 13.2 Å². The second kappa shape index (κ2) is 7.97. The van der Waals surface area contributed by atoms with E-state index in [1.54, 1.807) is 22.8 Å². The van der Waals surface area contributed by atoms with Crippen LogP contribution in [0, 0.1) is 18.3 Å². The molecule has 2 aromatic heterocycles. The second-order valence-electron chi connectivity index (χ2n) is 7.49. The first kappa shape index (κ1) is 22.4. The van der Waals surface area contributed by atoms with Crippen LogP contribution in [0.15, 0.2) is 53.6 Å². The molecule has 0 unspecified atom stereocenters. The number of hydrogen-bond acceptors (Lipinski definition) is 6. The molecule has 4 aromatic rings. The van der Waals surface area contributed by atoms with Crippen LogP contribution in [-0.4, -0.2) is 34.2 Å². The van der Waals surface area contributed by atoms with Crippen molar-refractivity contribution >= 4 is 21.0 Å². The van der Waals surface area contributed by atoms with Crippen LogP contribution in [0.3, 0.4) is 0 Å². The second-order valence-corrected chi connectivity index (χ2v) is 9.43. The summed E-state index contributed by atoms with van der Waals surface area (Å²) in [6, 6.07) is 13.6. The molecule has 2 heterocycles. The van der Waals surface area contributed by atoms with Gasteiger partial charge in [0, 0.05) is 18.4 Å². The van der Waals surface area contributed by atoms with Gasteiger partial charge in [-0.2, -0.15) is 23.4 Å².